The van der Waals surface area contributed by atoms with Gasteiger partial charge in [-0.15, -0.1) is 0 Å². The van der Waals surface area contributed by atoms with E-state index in [-0.39, 0.29) is 40.9 Å². The molecule has 2 saturated heterocycles. The van der Waals surface area contributed by atoms with Crippen LogP contribution in [0.4, 0.5) is 5.69 Å². The molecule has 1 atom stereocenters. The molecule has 3 aliphatic heterocycles. The first-order valence-corrected chi connectivity index (χ1v) is 13.4. The molecule has 2 fully saturated rings. The zero-order chi connectivity index (χ0) is 22.2. The molecule has 1 aromatic carbocycles. The van der Waals surface area contributed by atoms with Gasteiger partial charge >= 0.3 is 0 Å². The van der Waals surface area contributed by atoms with Crippen molar-refractivity contribution in [3.8, 4) is 0 Å². The lowest BCUT2D eigenvalue weighted by atomic mass is 10.1. The number of carbonyl (C=O) groups excluding carboxylic acids is 2. The molecule has 0 aromatic heterocycles. The minimum absolute atomic E-state index is 0.00514. The Hall–Kier alpha value is -2.31. The fraction of sp³-hybridized carbons (Fsp3) is 0.526. The number of anilines is 1. The van der Waals surface area contributed by atoms with Crippen molar-refractivity contribution in [2.45, 2.75) is 43.0 Å². The van der Waals surface area contributed by atoms with Gasteiger partial charge in [-0.2, -0.15) is 9.41 Å². The van der Waals surface area contributed by atoms with Crippen LogP contribution in [0.1, 0.15) is 32.1 Å². The van der Waals surface area contributed by atoms with Gasteiger partial charge in [0.15, 0.2) is 9.84 Å². The van der Waals surface area contributed by atoms with Gasteiger partial charge in [0.1, 0.15) is 5.71 Å². The first-order chi connectivity index (χ1) is 14.7. The summed E-state index contributed by atoms with van der Waals surface area (Å²) in [6.07, 6.45) is 2.24. The third-order valence-corrected chi connectivity index (χ3v) is 9.35. The maximum absolute atomic E-state index is 12.6. The van der Waals surface area contributed by atoms with Gasteiger partial charge in [-0.05, 0) is 43.5 Å². The first-order valence-electron chi connectivity index (χ1n) is 10.2. The van der Waals surface area contributed by atoms with E-state index in [0.717, 1.165) is 17.9 Å². The number of hydrogen-bond donors (Lipinski definition) is 1. The second kappa shape index (κ2) is 8.32. The molecule has 3 aliphatic rings. The lowest BCUT2D eigenvalue weighted by Crippen LogP contribution is -2.42. The van der Waals surface area contributed by atoms with Crippen LogP contribution in [0.15, 0.2) is 34.3 Å². The highest BCUT2D eigenvalue weighted by atomic mass is 32.2. The standard InChI is InChI=1S/C19H24N4O6S2/c24-18-8-7-17(21-23(18)15-9-12-30(26,27)13-15)19(25)20-14-3-5-16(6-4-14)31(28,29)22-10-1-2-11-22/h3-6,15H,1-2,7-13H2,(H,20,25). The molecule has 4 rings (SSSR count). The van der Waals surface area contributed by atoms with Crippen molar-refractivity contribution in [2.75, 3.05) is 29.9 Å². The number of hydrazone groups is 1. The zero-order valence-electron chi connectivity index (χ0n) is 16.9. The van der Waals surface area contributed by atoms with Crippen molar-refractivity contribution in [2.24, 2.45) is 5.10 Å². The highest BCUT2D eigenvalue weighted by molar-refractivity contribution is 7.91. The molecule has 0 radical (unpaired) electrons. The largest absolute Gasteiger partial charge is 0.321 e. The van der Waals surface area contributed by atoms with Crippen molar-refractivity contribution in [3.63, 3.8) is 0 Å². The Morgan fingerprint density at radius 1 is 1.10 bits per heavy atom. The molecule has 1 aromatic rings. The molecule has 1 unspecified atom stereocenters. The van der Waals surface area contributed by atoms with Gasteiger partial charge in [-0.25, -0.2) is 21.8 Å². The van der Waals surface area contributed by atoms with Gasteiger partial charge in [0.25, 0.3) is 5.91 Å². The molecule has 0 bridgehead atoms. The van der Waals surface area contributed by atoms with Crippen LogP contribution >= 0.6 is 0 Å². The third-order valence-electron chi connectivity index (χ3n) is 5.69. The van der Waals surface area contributed by atoms with Gasteiger partial charge in [-0.3, -0.25) is 9.59 Å². The molecule has 31 heavy (non-hydrogen) atoms. The SMILES string of the molecule is O=C(Nc1ccc(S(=O)(=O)N2CCCC2)cc1)C1=NN(C2CCS(=O)(=O)C2)C(=O)CC1. The second-order valence-corrected chi connectivity index (χ2v) is 12.1. The van der Waals surface area contributed by atoms with Crippen LogP contribution in [0.5, 0.6) is 0 Å². The number of sulfonamides is 1. The number of nitrogens with one attached hydrogen (secondary N) is 1. The van der Waals surface area contributed by atoms with Gasteiger partial charge < -0.3 is 5.32 Å². The molecule has 3 heterocycles. The van der Waals surface area contributed by atoms with E-state index in [1.807, 2.05) is 0 Å². The maximum atomic E-state index is 12.6. The van der Waals surface area contributed by atoms with E-state index >= 15 is 0 Å². The number of carbonyl (C=O) groups is 2. The van der Waals surface area contributed by atoms with Gasteiger partial charge in [-0.1, -0.05) is 0 Å². The molecule has 0 saturated carbocycles. The molecular weight excluding hydrogens is 444 g/mol. The second-order valence-electron chi connectivity index (χ2n) is 7.93. The van der Waals surface area contributed by atoms with E-state index in [2.05, 4.69) is 10.4 Å². The van der Waals surface area contributed by atoms with E-state index in [1.165, 1.54) is 28.6 Å². The summed E-state index contributed by atoms with van der Waals surface area (Å²) in [4.78, 5) is 25.0. The predicted octanol–water partition coefficient (Wildman–Crippen LogP) is 0.575. The topological polar surface area (TPSA) is 133 Å². The summed E-state index contributed by atoms with van der Waals surface area (Å²) >= 11 is 0. The van der Waals surface area contributed by atoms with Crippen molar-refractivity contribution >= 4 is 43.1 Å². The number of sulfone groups is 1. The van der Waals surface area contributed by atoms with E-state index in [4.69, 9.17) is 0 Å². The molecular formula is C19H24N4O6S2. The van der Waals surface area contributed by atoms with Gasteiger partial charge in [0.2, 0.25) is 15.9 Å². The Labute approximate surface area is 181 Å². The Balaban J connectivity index is 1.45. The third kappa shape index (κ3) is 4.65. The summed E-state index contributed by atoms with van der Waals surface area (Å²) in [6, 6.07) is 5.37. The van der Waals surface area contributed by atoms with Gasteiger partial charge in [0.05, 0.1) is 22.4 Å². The number of hydrogen-bond acceptors (Lipinski definition) is 7. The molecule has 2 amide bonds. The number of amides is 2. The van der Waals surface area contributed by atoms with Crippen molar-refractivity contribution in [3.05, 3.63) is 24.3 Å². The summed E-state index contributed by atoms with van der Waals surface area (Å²) in [5.41, 5.74) is 0.539. The Bertz CT molecular complexity index is 1120. The molecule has 0 spiro atoms. The quantitative estimate of drug-likeness (QED) is 0.672. The van der Waals surface area contributed by atoms with Crippen molar-refractivity contribution < 1.29 is 26.4 Å². The molecule has 10 nitrogen and oxygen atoms in total. The summed E-state index contributed by atoms with van der Waals surface area (Å²) < 4.78 is 50.1. The zero-order valence-corrected chi connectivity index (χ0v) is 18.5. The summed E-state index contributed by atoms with van der Waals surface area (Å²) in [7, 11) is -6.73. The van der Waals surface area contributed by atoms with Crippen LogP contribution in [-0.2, 0) is 29.4 Å². The Morgan fingerprint density at radius 2 is 1.77 bits per heavy atom. The number of benzene rings is 1. The summed E-state index contributed by atoms with van der Waals surface area (Å²) in [5, 5.41) is 7.94. The minimum Gasteiger partial charge on any atom is -0.321 e. The van der Waals surface area contributed by atoms with Crippen LogP contribution in [0.2, 0.25) is 0 Å². The highest BCUT2D eigenvalue weighted by Gasteiger charge is 2.37. The average molecular weight is 469 g/mol. The predicted molar refractivity (Wildman–Crippen MR) is 114 cm³/mol. The monoisotopic (exact) mass is 468 g/mol. The smallest absolute Gasteiger partial charge is 0.271 e. The molecule has 1 N–H and O–H groups in total. The normalized spacial score (nSPS) is 24.3. The average Bonchev–Trinajstić information content (AvgIpc) is 3.39. The van der Waals surface area contributed by atoms with Gasteiger partial charge in [0, 0.05) is 31.6 Å². The fourth-order valence-electron chi connectivity index (χ4n) is 3.98. The Morgan fingerprint density at radius 3 is 2.39 bits per heavy atom. The van der Waals surface area contributed by atoms with E-state index in [1.54, 1.807) is 0 Å². The van der Waals surface area contributed by atoms with Crippen LogP contribution in [0.25, 0.3) is 0 Å². The maximum Gasteiger partial charge on any atom is 0.271 e. The van der Waals surface area contributed by atoms with E-state index < -0.39 is 31.8 Å². The van der Waals surface area contributed by atoms with Crippen molar-refractivity contribution in [1.29, 1.82) is 0 Å². The summed E-state index contributed by atoms with van der Waals surface area (Å²) in [5.74, 6) is -0.946. The number of rotatable bonds is 5. The van der Waals surface area contributed by atoms with Crippen LogP contribution in [-0.4, -0.2) is 74.3 Å². The number of nitrogens with zero attached hydrogens (tertiary/aromatic N) is 3. The molecule has 0 aliphatic carbocycles. The van der Waals surface area contributed by atoms with E-state index in [9.17, 15) is 26.4 Å². The Kier molecular flexibility index (Phi) is 5.88. The highest BCUT2D eigenvalue weighted by Crippen LogP contribution is 2.24. The van der Waals surface area contributed by atoms with Crippen molar-refractivity contribution in [1.82, 2.24) is 9.31 Å². The van der Waals surface area contributed by atoms with Crippen LogP contribution in [0.3, 0.4) is 0 Å². The minimum atomic E-state index is -3.53. The molecule has 12 heteroatoms. The van der Waals surface area contributed by atoms with Crippen LogP contribution < -0.4 is 5.32 Å². The van der Waals surface area contributed by atoms with Crippen LogP contribution in [0, 0.1) is 0 Å². The molecule has 168 valence electrons. The summed E-state index contributed by atoms with van der Waals surface area (Å²) in [6.45, 7) is 1.02. The lowest BCUT2D eigenvalue weighted by Gasteiger charge is -2.27. The fourth-order valence-corrected chi connectivity index (χ4v) is 7.19. The first kappa shape index (κ1) is 21.9. The van der Waals surface area contributed by atoms with E-state index in [0.29, 0.717) is 25.2 Å². The lowest BCUT2D eigenvalue weighted by molar-refractivity contribution is -0.133.